The topological polar surface area (TPSA) is 20.3 Å². The lowest BCUT2D eigenvalue weighted by atomic mass is 9.98. The minimum atomic E-state index is 0.128. The Hall–Kier alpha value is -0.670. The van der Waals surface area contributed by atoms with Gasteiger partial charge in [0.2, 0.25) is 0 Å². The highest BCUT2D eigenvalue weighted by Crippen LogP contribution is 2.21. The van der Waals surface area contributed by atoms with E-state index in [2.05, 4.69) is 33.0 Å². The number of halogens is 1. The Kier molecular flexibility index (Phi) is 4.35. The Labute approximate surface area is 111 Å². The second kappa shape index (κ2) is 5.78. The molecule has 1 aliphatic heterocycles. The van der Waals surface area contributed by atoms with E-state index in [1.807, 2.05) is 12.1 Å². The molecule has 0 bridgehead atoms. The summed E-state index contributed by atoms with van der Waals surface area (Å²) in [5.74, 6) is 0.305. The fourth-order valence-corrected chi connectivity index (χ4v) is 2.96. The first-order valence-electron chi connectivity index (χ1n) is 6.16. The van der Waals surface area contributed by atoms with Crippen molar-refractivity contribution in [3.8, 4) is 0 Å². The van der Waals surface area contributed by atoms with Gasteiger partial charge in [0.05, 0.1) is 6.04 Å². The summed E-state index contributed by atoms with van der Waals surface area (Å²) in [6.07, 6.45) is 3.40. The van der Waals surface area contributed by atoms with Crippen molar-refractivity contribution < 1.29 is 4.79 Å². The van der Waals surface area contributed by atoms with E-state index in [1.165, 1.54) is 18.4 Å². The average molecular weight is 296 g/mol. The molecule has 0 aliphatic carbocycles. The molecule has 3 heteroatoms. The zero-order valence-corrected chi connectivity index (χ0v) is 11.7. The van der Waals surface area contributed by atoms with Crippen LogP contribution < -0.4 is 0 Å². The third-order valence-electron chi connectivity index (χ3n) is 3.36. The van der Waals surface area contributed by atoms with Gasteiger partial charge in [0, 0.05) is 11.0 Å². The molecule has 1 saturated heterocycles. The number of rotatable bonds is 3. The molecule has 1 unspecified atom stereocenters. The molecule has 1 aromatic carbocycles. The summed E-state index contributed by atoms with van der Waals surface area (Å²) in [7, 11) is 0. The van der Waals surface area contributed by atoms with E-state index in [9.17, 15) is 4.79 Å². The molecule has 0 aromatic heterocycles. The van der Waals surface area contributed by atoms with Crippen LogP contribution >= 0.6 is 15.9 Å². The maximum Gasteiger partial charge on any atom is 0.146 e. The van der Waals surface area contributed by atoms with Crippen LogP contribution in [0.25, 0.3) is 0 Å². The quantitative estimate of drug-likeness (QED) is 0.852. The summed E-state index contributed by atoms with van der Waals surface area (Å²) in [6, 6.07) is 8.46. The second-order valence-corrected chi connectivity index (χ2v) is 5.64. The Bertz CT molecular complexity index is 405. The van der Waals surface area contributed by atoms with Crippen molar-refractivity contribution in [1.29, 1.82) is 0 Å². The van der Waals surface area contributed by atoms with Crippen LogP contribution in [0.1, 0.15) is 31.7 Å². The smallest absolute Gasteiger partial charge is 0.146 e. The SMILES string of the molecule is CC(=O)C1CCCCN1Cc1cccc(Br)c1. The first-order valence-corrected chi connectivity index (χ1v) is 6.95. The Morgan fingerprint density at radius 2 is 2.29 bits per heavy atom. The molecule has 0 amide bonds. The lowest BCUT2D eigenvalue weighted by Crippen LogP contribution is -2.43. The molecular formula is C14H18BrNO. The van der Waals surface area contributed by atoms with E-state index < -0.39 is 0 Å². The number of ketones is 1. The summed E-state index contributed by atoms with van der Waals surface area (Å²) in [5.41, 5.74) is 1.27. The van der Waals surface area contributed by atoms with Crippen LogP contribution in [0.4, 0.5) is 0 Å². The van der Waals surface area contributed by atoms with E-state index in [0.29, 0.717) is 5.78 Å². The Morgan fingerprint density at radius 1 is 1.47 bits per heavy atom. The van der Waals surface area contributed by atoms with Gasteiger partial charge >= 0.3 is 0 Å². The van der Waals surface area contributed by atoms with Crippen LogP contribution in [-0.2, 0) is 11.3 Å². The normalized spacial score (nSPS) is 21.4. The maximum atomic E-state index is 11.6. The highest BCUT2D eigenvalue weighted by molar-refractivity contribution is 9.10. The second-order valence-electron chi connectivity index (χ2n) is 4.72. The van der Waals surface area contributed by atoms with Crippen molar-refractivity contribution in [1.82, 2.24) is 4.90 Å². The van der Waals surface area contributed by atoms with Crippen LogP contribution in [0.5, 0.6) is 0 Å². The predicted molar refractivity (Wildman–Crippen MR) is 72.9 cm³/mol. The molecule has 0 N–H and O–H groups in total. The summed E-state index contributed by atoms with van der Waals surface area (Å²) in [5, 5.41) is 0. The van der Waals surface area contributed by atoms with Gasteiger partial charge in [-0.05, 0) is 44.0 Å². The number of hydrogen-bond acceptors (Lipinski definition) is 2. The van der Waals surface area contributed by atoms with Gasteiger partial charge < -0.3 is 0 Å². The molecule has 0 spiro atoms. The third-order valence-corrected chi connectivity index (χ3v) is 3.85. The first-order chi connectivity index (χ1) is 8.16. The van der Waals surface area contributed by atoms with Gasteiger partial charge in [0.25, 0.3) is 0 Å². The molecule has 1 aromatic rings. The Balaban J connectivity index is 2.08. The molecule has 2 rings (SSSR count). The van der Waals surface area contributed by atoms with Gasteiger partial charge in [-0.1, -0.05) is 34.5 Å². The van der Waals surface area contributed by atoms with Crippen molar-refractivity contribution in [2.45, 2.75) is 38.8 Å². The van der Waals surface area contributed by atoms with Crippen molar-refractivity contribution in [2.24, 2.45) is 0 Å². The molecule has 1 fully saturated rings. The van der Waals surface area contributed by atoms with Gasteiger partial charge in [-0.3, -0.25) is 9.69 Å². The standard InChI is InChI=1S/C14H18BrNO/c1-11(17)14-7-2-3-8-16(14)10-12-5-4-6-13(15)9-12/h4-6,9,14H,2-3,7-8,10H2,1H3. The van der Waals surface area contributed by atoms with Crippen molar-refractivity contribution in [2.75, 3.05) is 6.54 Å². The van der Waals surface area contributed by atoms with Crippen molar-refractivity contribution >= 4 is 21.7 Å². The third kappa shape index (κ3) is 3.39. The van der Waals surface area contributed by atoms with Gasteiger partial charge in [0.15, 0.2) is 0 Å². The molecule has 92 valence electrons. The molecule has 0 saturated carbocycles. The molecule has 1 aliphatic rings. The molecule has 1 atom stereocenters. The number of Topliss-reactive ketones (excluding diaryl/α,β-unsaturated/α-hetero) is 1. The van der Waals surface area contributed by atoms with Crippen molar-refractivity contribution in [3.63, 3.8) is 0 Å². The minimum Gasteiger partial charge on any atom is -0.298 e. The maximum absolute atomic E-state index is 11.6. The number of benzene rings is 1. The molecule has 0 radical (unpaired) electrons. The lowest BCUT2D eigenvalue weighted by molar-refractivity contribution is -0.123. The molecular weight excluding hydrogens is 278 g/mol. The van der Waals surface area contributed by atoms with Crippen molar-refractivity contribution in [3.05, 3.63) is 34.3 Å². The fraction of sp³-hybridized carbons (Fsp3) is 0.500. The zero-order valence-electron chi connectivity index (χ0n) is 10.2. The minimum absolute atomic E-state index is 0.128. The van der Waals surface area contributed by atoms with E-state index in [1.54, 1.807) is 6.92 Å². The molecule has 1 heterocycles. The summed E-state index contributed by atoms with van der Waals surface area (Å²) >= 11 is 3.49. The summed E-state index contributed by atoms with van der Waals surface area (Å²) < 4.78 is 1.10. The van der Waals surface area contributed by atoms with Crippen LogP contribution in [0.2, 0.25) is 0 Å². The number of likely N-dealkylation sites (tertiary alicyclic amines) is 1. The van der Waals surface area contributed by atoms with Crippen LogP contribution in [0.15, 0.2) is 28.7 Å². The average Bonchev–Trinajstić information content (AvgIpc) is 2.29. The molecule has 17 heavy (non-hydrogen) atoms. The van der Waals surface area contributed by atoms with E-state index in [4.69, 9.17) is 0 Å². The fourth-order valence-electron chi connectivity index (χ4n) is 2.51. The molecule has 2 nitrogen and oxygen atoms in total. The number of piperidine rings is 1. The Morgan fingerprint density at radius 3 is 3.00 bits per heavy atom. The number of carbonyl (C=O) groups excluding carboxylic acids is 1. The van der Waals surface area contributed by atoms with Gasteiger partial charge in [-0.15, -0.1) is 0 Å². The number of carbonyl (C=O) groups is 1. The summed E-state index contributed by atoms with van der Waals surface area (Å²) in [4.78, 5) is 13.9. The monoisotopic (exact) mass is 295 g/mol. The van der Waals surface area contributed by atoms with Gasteiger partial charge in [-0.2, -0.15) is 0 Å². The summed E-state index contributed by atoms with van der Waals surface area (Å²) in [6.45, 7) is 3.63. The zero-order chi connectivity index (χ0) is 12.3. The van der Waals surface area contributed by atoms with E-state index in [0.717, 1.165) is 24.0 Å². The highest BCUT2D eigenvalue weighted by atomic mass is 79.9. The van der Waals surface area contributed by atoms with Gasteiger partial charge in [0.1, 0.15) is 5.78 Å². The number of nitrogens with zero attached hydrogens (tertiary/aromatic N) is 1. The predicted octanol–water partition coefficient (Wildman–Crippen LogP) is 3.39. The number of hydrogen-bond donors (Lipinski definition) is 0. The van der Waals surface area contributed by atoms with E-state index in [-0.39, 0.29) is 6.04 Å². The van der Waals surface area contributed by atoms with E-state index >= 15 is 0 Å². The van der Waals surface area contributed by atoms with Crippen LogP contribution in [0, 0.1) is 0 Å². The first kappa shape index (κ1) is 12.8. The van der Waals surface area contributed by atoms with Crippen LogP contribution in [-0.4, -0.2) is 23.3 Å². The van der Waals surface area contributed by atoms with Crippen LogP contribution in [0.3, 0.4) is 0 Å². The highest BCUT2D eigenvalue weighted by Gasteiger charge is 2.25. The van der Waals surface area contributed by atoms with Gasteiger partial charge in [-0.25, -0.2) is 0 Å². The largest absolute Gasteiger partial charge is 0.298 e. The lowest BCUT2D eigenvalue weighted by Gasteiger charge is -2.34.